The topological polar surface area (TPSA) is 172 Å². The minimum Gasteiger partial charge on any atom is -0.477 e. The summed E-state index contributed by atoms with van der Waals surface area (Å²) in [6.45, 7) is 0. The molecule has 32 heavy (non-hydrogen) atoms. The molecule has 2 amide bonds. The monoisotopic (exact) mass is 476 g/mol. The highest BCUT2D eigenvalue weighted by atomic mass is 32.2. The third-order valence-corrected chi connectivity index (χ3v) is 6.78. The summed E-state index contributed by atoms with van der Waals surface area (Å²) < 4.78 is 5.66. The fourth-order valence-electron chi connectivity index (χ4n) is 3.69. The number of rotatable bonds is 7. The number of carbonyl (C=O) groups is 3. The van der Waals surface area contributed by atoms with Crippen LogP contribution in [0.25, 0.3) is 0 Å². The van der Waals surface area contributed by atoms with Gasteiger partial charge in [0.1, 0.15) is 18.8 Å². The van der Waals surface area contributed by atoms with Crippen molar-refractivity contribution in [2.75, 3.05) is 5.73 Å². The standard InChI is InChI=1S/C18H17N7O5S2/c1-24-6-2-3-8(7-24)31-10-5-4-9-11(16(27)25(9)13(10)17(28)29)20-15(26)12(22-30)14-21-18(19)32-23-14/h2-3,6-7,9,11-12H,4-5H2,1H3,(H3-,19,20,21,23,26,28,29)/p+1/t9?,11-,12?/m0/s1. The minimum atomic E-state index is -1.55. The molecule has 2 aliphatic rings. The number of aryl methyl sites for hydroxylation is 1. The van der Waals surface area contributed by atoms with E-state index in [0.29, 0.717) is 17.7 Å². The Bertz CT molecular complexity index is 1150. The number of nitrogens with two attached hydrogens (primary N) is 1. The number of nitrogens with zero attached hydrogens (tertiary/aromatic N) is 5. The van der Waals surface area contributed by atoms with Crippen LogP contribution in [-0.4, -0.2) is 49.2 Å². The van der Waals surface area contributed by atoms with Crippen LogP contribution in [0, 0.1) is 4.91 Å². The Morgan fingerprint density at radius 2 is 2.28 bits per heavy atom. The average molecular weight is 477 g/mol. The predicted molar refractivity (Wildman–Crippen MR) is 113 cm³/mol. The first-order valence-electron chi connectivity index (χ1n) is 9.44. The molecule has 0 aromatic carbocycles. The van der Waals surface area contributed by atoms with Gasteiger partial charge in [-0.15, -0.1) is 4.91 Å². The third kappa shape index (κ3) is 3.93. The zero-order valence-electron chi connectivity index (χ0n) is 16.7. The molecule has 1 fully saturated rings. The molecule has 2 aromatic rings. The first kappa shape index (κ1) is 21.8. The number of fused-ring (bicyclic) bond motifs is 1. The van der Waals surface area contributed by atoms with Crippen molar-refractivity contribution in [3.05, 3.63) is 45.9 Å². The average Bonchev–Trinajstić information content (AvgIpc) is 3.17. The van der Waals surface area contributed by atoms with Gasteiger partial charge in [-0.25, -0.2) is 14.3 Å². The number of carboxylic acid groups (broad SMARTS) is 1. The van der Waals surface area contributed by atoms with Crippen LogP contribution in [0.4, 0.5) is 5.13 Å². The lowest BCUT2D eigenvalue weighted by Gasteiger charge is -2.50. The van der Waals surface area contributed by atoms with Gasteiger partial charge in [0.2, 0.25) is 6.04 Å². The number of hydrogen-bond donors (Lipinski definition) is 3. The number of allylic oxidation sites excluding steroid dienone is 1. The number of nitrogen functional groups attached to an aromatic ring is 1. The number of carboxylic acids is 1. The van der Waals surface area contributed by atoms with Crippen LogP contribution in [0.3, 0.4) is 0 Å². The molecular formula is C18H18N7O5S2+. The molecule has 0 radical (unpaired) electrons. The number of aliphatic carboxylic acids is 1. The first-order chi connectivity index (χ1) is 15.3. The van der Waals surface area contributed by atoms with E-state index in [9.17, 15) is 24.4 Å². The fraction of sp³-hybridized carbons (Fsp3) is 0.333. The SMILES string of the molecule is C[n+]1cccc(SC2=C(C(=O)O)N3C(=O)[C@@H](NC(=O)C(N=O)c4nsc(N)n4)C3CC2)c1. The lowest BCUT2D eigenvalue weighted by atomic mass is 9.86. The molecule has 0 aliphatic carbocycles. The lowest BCUT2D eigenvalue weighted by Crippen LogP contribution is -2.71. The Kier molecular flexibility index (Phi) is 5.88. The van der Waals surface area contributed by atoms with E-state index in [4.69, 9.17) is 5.73 Å². The summed E-state index contributed by atoms with van der Waals surface area (Å²) in [5, 5.41) is 15.1. The number of β-lactam (4-membered cyclic amide) rings is 1. The predicted octanol–water partition coefficient (Wildman–Crippen LogP) is 0.330. The first-order valence-corrected chi connectivity index (χ1v) is 11.0. The van der Waals surface area contributed by atoms with E-state index in [1.165, 1.54) is 16.7 Å². The Hall–Kier alpha value is -3.39. The van der Waals surface area contributed by atoms with Crippen molar-refractivity contribution >= 4 is 46.2 Å². The summed E-state index contributed by atoms with van der Waals surface area (Å²) in [5.74, 6) is -2.76. The van der Waals surface area contributed by atoms with Crippen molar-refractivity contribution < 1.29 is 24.1 Å². The number of pyridine rings is 1. The highest BCUT2D eigenvalue weighted by molar-refractivity contribution is 8.03. The van der Waals surface area contributed by atoms with Gasteiger partial charge in [0.15, 0.2) is 23.3 Å². The van der Waals surface area contributed by atoms with Gasteiger partial charge in [-0.2, -0.15) is 4.37 Å². The molecule has 3 atom stereocenters. The molecule has 12 nitrogen and oxygen atoms in total. The van der Waals surface area contributed by atoms with Crippen molar-refractivity contribution in [3.8, 4) is 0 Å². The second-order valence-corrected chi connectivity index (χ2v) is 9.14. The van der Waals surface area contributed by atoms with Gasteiger partial charge in [0, 0.05) is 22.5 Å². The zero-order valence-corrected chi connectivity index (χ0v) is 18.3. The zero-order chi connectivity index (χ0) is 23.0. The third-order valence-electron chi connectivity index (χ3n) is 5.10. The van der Waals surface area contributed by atoms with Crippen LogP contribution >= 0.6 is 23.3 Å². The number of anilines is 1. The van der Waals surface area contributed by atoms with Crippen molar-refractivity contribution in [2.45, 2.75) is 35.9 Å². The molecule has 0 bridgehead atoms. The maximum atomic E-state index is 12.8. The second kappa shape index (κ2) is 8.63. The normalized spacial score (nSPS) is 20.9. The van der Waals surface area contributed by atoms with Crippen LogP contribution in [0.15, 0.2) is 45.2 Å². The second-order valence-electron chi connectivity index (χ2n) is 7.18. The highest BCUT2D eigenvalue weighted by Gasteiger charge is 2.54. The number of carbonyl (C=O) groups excluding carboxylic acids is 2. The molecule has 4 heterocycles. The van der Waals surface area contributed by atoms with E-state index in [-0.39, 0.29) is 16.7 Å². The van der Waals surface area contributed by atoms with Gasteiger partial charge < -0.3 is 16.2 Å². The van der Waals surface area contributed by atoms with Crippen LogP contribution in [0.5, 0.6) is 0 Å². The Morgan fingerprint density at radius 1 is 1.50 bits per heavy atom. The fourth-order valence-corrected chi connectivity index (χ4v) is 5.31. The van der Waals surface area contributed by atoms with Crippen molar-refractivity contribution in [1.82, 2.24) is 19.6 Å². The molecular weight excluding hydrogens is 458 g/mol. The lowest BCUT2D eigenvalue weighted by molar-refractivity contribution is -0.673. The molecule has 2 unspecified atom stereocenters. The Labute approximate surface area is 189 Å². The van der Waals surface area contributed by atoms with E-state index < -0.39 is 35.9 Å². The number of hydrogen-bond acceptors (Lipinski definition) is 10. The van der Waals surface area contributed by atoms with Gasteiger partial charge in [-0.05, 0) is 24.1 Å². The molecule has 166 valence electrons. The van der Waals surface area contributed by atoms with Crippen molar-refractivity contribution in [2.24, 2.45) is 12.2 Å². The smallest absolute Gasteiger partial charge is 0.353 e. The van der Waals surface area contributed by atoms with Gasteiger partial charge in [-0.3, -0.25) is 14.5 Å². The molecule has 1 saturated heterocycles. The quantitative estimate of drug-likeness (QED) is 0.289. The number of thioether (sulfide) groups is 1. The van der Waals surface area contributed by atoms with E-state index in [1.54, 1.807) is 0 Å². The van der Waals surface area contributed by atoms with Gasteiger partial charge >= 0.3 is 5.97 Å². The molecule has 14 heteroatoms. The van der Waals surface area contributed by atoms with E-state index in [0.717, 1.165) is 16.4 Å². The van der Waals surface area contributed by atoms with E-state index in [1.807, 2.05) is 36.1 Å². The summed E-state index contributed by atoms with van der Waals surface area (Å²) in [5.41, 5.74) is 5.39. The van der Waals surface area contributed by atoms with Crippen LogP contribution in [0.2, 0.25) is 0 Å². The molecule has 2 aliphatic heterocycles. The number of nitroso groups, excluding NO2 is 1. The van der Waals surface area contributed by atoms with Crippen LogP contribution < -0.4 is 15.6 Å². The molecule has 0 saturated carbocycles. The summed E-state index contributed by atoms with van der Waals surface area (Å²) in [6.07, 6.45) is 4.59. The van der Waals surface area contributed by atoms with Gasteiger partial charge in [0.25, 0.3) is 11.8 Å². The molecule has 4 N–H and O–H groups in total. The maximum Gasteiger partial charge on any atom is 0.353 e. The summed E-state index contributed by atoms with van der Waals surface area (Å²) in [4.78, 5) is 54.9. The summed E-state index contributed by atoms with van der Waals surface area (Å²) in [7, 11) is 1.86. The minimum absolute atomic E-state index is 0.0768. The van der Waals surface area contributed by atoms with Crippen molar-refractivity contribution in [1.29, 1.82) is 0 Å². The Balaban J connectivity index is 1.52. The highest BCUT2D eigenvalue weighted by Crippen LogP contribution is 2.43. The van der Waals surface area contributed by atoms with Crippen molar-refractivity contribution in [3.63, 3.8) is 0 Å². The Morgan fingerprint density at radius 3 is 2.91 bits per heavy atom. The van der Waals surface area contributed by atoms with Gasteiger partial charge in [0.05, 0.1) is 10.9 Å². The summed E-state index contributed by atoms with van der Waals surface area (Å²) in [6, 6.07) is 0.661. The molecule has 4 rings (SSSR count). The number of nitrogens with one attached hydrogen (secondary N) is 1. The summed E-state index contributed by atoms with van der Waals surface area (Å²) >= 11 is 2.11. The van der Waals surface area contributed by atoms with E-state index >= 15 is 0 Å². The number of amides is 2. The molecule has 0 spiro atoms. The maximum absolute atomic E-state index is 12.8. The largest absolute Gasteiger partial charge is 0.477 e. The number of aromatic nitrogens is 3. The van der Waals surface area contributed by atoms with Crippen LogP contribution in [0.1, 0.15) is 24.7 Å². The van der Waals surface area contributed by atoms with E-state index in [2.05, 4.69) is 19.9 Å². The molecule has 2 aromatic heterocycles. The van der Waals surface area contributed by atoms with Gasteiger partial charge in [-0.1, -0.05) is 11.8 Å². The van der Waals surface area contributed by atoms with Crippen LogP contribution in [-0.2, 0) is 21.4 Å².